The Labute approximate surface area is 150 Å². The fourth-order valence-corrected chi connectivity index (χ4v) is 3.05. The zero-order valence-corrected chi connectivity index (χ0v) is 15.7. The predicted molar refractivity (Wildman–Crippen MR) is 101 cm³/mol. The van der Waals surface area contributed by atoms with E-state index in [1.54, 1.807) is 7.05 Å². The number of nitrogens with zero attached hydrogens (tertiary/aromatic N) is 2. The molecular formula is C18H29ClN4O. The van der Waals surface area contributed by atoms with Gasteiger partial charge in [0.25, 0.3) is 0 Å². The molecule has 0 saturated carbocycles. The Morgan fingerprint density at radius 1 is 1.25 bits per heavy atom. The van der Waals surface area contributed by atoms with Gasteiger partial charge in [0, 0.05) is 43.8 Å². The lowest BCUT2D eigenvalue weighted by Gasteiger charge is -2.41. The van der Waals surface area contributed by atoms with Gasteiger partial charge in [0.2, 0.25) is 0 Å². The summed E-state index contributed by atoms with van der Waals surface area (Å²) in [6.07, 6.45) is 0.868. The summed E-state index contributed by atoms with van der Waals surface area (Å²) in [6, 6.07) is 7.95. The minimum absolute atomic E-state index is 0.0597. The predicted octanol–water partition coefficient (Wildman–Crippen LogP) is 2.16. The molecule has 2 rings (SSSR count). The summed E-state index contributed by atoms with van der Waals surface area (Å²) in [7, 11) is 1.80. The summed E-state index contributed by atoms with van der Waals surface area (Å²) in [4.78, 5) is 6.77. The normalized spacial score (nSPS) is 16.9. The molecule has 0 radical (unpaired) electrons. The van der Waals surface area contributed by atoms with Crippen LogP contribution in [0.1, 0.15) is 19.4 Å². The molecule has 5 nitrogen and oxygen atoms in total. The Kier molecular flexibility index (Phi) is 7.34. The van der Waals surface area contributed by atoms with Crippen LogP contribution in [0.15, 0.2) is 29.3 Å². The van der Waals surface area contributed by atoms with Crippen LogP contribution in [0.2, 0.25) is 5.02 Å². The third kappa shape index (κ3) is 5.65. The third-order valence-corrected chi connectivity index (χ3v) is 4.79. The summed E-state index contributed by atoms with van der Waals surface area (Å²) in [5, 5.41) is 7.60. The number of guanidine groups is 1. The first-order valence-corrected chi connectivity index (χ1v) is 8.91. The van der Waals surface area contributed by atoms with Gasteiger partial charge in [0.15, 0.2) is 5.96 Å². The van der Waals surface area contributed by atoms with Crippen molar-refractivity contribution in [1.29, 1.82) is 0 Å². The van der Waals surface area contributed by atoms with Crippen molar-refractivity contribution in [3.63, 3.8) is 0 Å². The van der Waals surface area contributed by atoms with Crippen LogP contribution in [-0.2, 0) is 11.2 Å². The van der Waals surface area contributed by atoms with Crippen LogP contribution in [0.4, 0.5) is 0 Å². The number of halogens is 1. The molecule has 0 amide bonds. The molecule has 24 heavy (non-hydrogen) atoms. The van der Waals surface area contributed by atoms with Crippen LogP contribution in [-0.4, -0.2) is 62.8 Å². The van der Waals surface area contributed by atoms with Crippen molar-refractivity contribution in [2.75, 3.05) is 46.4 Å². The van der Waals surface area contributed by atoms with Gasteiger partial charge < -0.3 is 15.4 Å². The van der Waals surface area contributed by atoms with Crippen LogP contribution in [0.3, 0.4) is 0 Å². The van der Waals surface area contributed by atoms with Crippen molar-refractivity contribution in [3.8, 4) is 0 Å². The maximum absolute atomic E-state index is 6.19. The molecule has 0 spiro atoms. The van der Waals surface area contributed by atoms with Gasteiger partial charge in [-0.05, 0) is 31.9 Å². The van der Waals surface area contributed by atoms with Crippen molar-refractivity contribution in [2.24, 2.45) is 4.99 Å². The molecule has 1 heterocycles. The molecule has 2 N–H and O–H groups in total. The molecule has 1 fully saturated rings. The molecule has 0 bridgehead atoms. The first-order chi connectivity index (χ1) is 11.5. The quantitative estimate of drug-likeness (QED) is 0.608. The van der Waals surface area contributed by atoms with Crippen molar-refractivity contribution < 1.29 is 4.74 Å². The Bertz CT molecular complexity index is 542. The minimum Gasteiger partial charge on any atom is -0.379 e. The van der Waals surface area contributed by atoms with Crippen molar-refractivity contribution in [3.05, 3.63) is 34.9 Å². The van der Waals surface area contributed by atoms with E-state index in [1.165, 1.54) is 0 Å². The highest BCUT2D eigenvalue weighted by molar-refractivity contribution is 6.31. The van der Waals surface area contributed by atoms with E-state index in [0.29, 0.717) is 0 Å². The third-order valence-electron chi connectivity index (χ3n) is 4.42. The maximum atomic E-state index is 6.19. The lowest BCUT2D eigenvalue weighted by Crippen LogP contribution is -2.56. The summed E-state index contributed by atoms with van der Waals surface area (Å²) >= 11 is 6.19. The Morgan fingerprint density at radius 3 is 2.62 bits per heavy atom. The molecule has 0 aromatic heterocycles. The fourth-order valence-electron chi connectivity index (χ4n) is 2.82. The molecule has 1 aromatic rings. The molecule has 1 aromatic carbocycles. The number of hydrogen-bond donors (Lipinski definition) is 2. The fraction of sp³-hybridized carbons (Fsp3) is 0.611. The average molecular weight is 353 g/mol. The van der Waals surface area contributed by atoms with E-state index in [1.807, 2.05) is 18.2 Å². The van der Waals surface area contributed by atoms with Gasteiger partial charge in [0.05, 0.1) is 13.2 Å². The van der Waals surface area contributed by atoms with E-state index in [2.05, 4.69) is 40.4 Å². The SMILES string of the molecule is CN=C(NCCc1ccccc1Cl)NCC(C)(C)N1CCOCC1. The number of benzene rings is 1. The summed E-state index contributed by atoms with van der Waals surface area (Å²) in [6.45, 7) is 9.72. The van der Waals surface area contributed by atoms with Crippen LogP contribution in [0.5, 0.6) is 0 Å². The second-order valence-electron chi connectivity index (χ2n) is 6.61. The highest BCUT2D eigenvalue weighted by Gasteiger charge is 2.28. The topological polar surface area (TPSA) is 48.9 Å². The van der Waals surface area contributed by atoms with Crippen LogP contribution >= 0.6 is 11.6 Å². The van der Waals surface area contributed by atoms with E-state index in [4.69, 9.17) is 16.3 Å². The molecule has 1 aliphatic heterocycles. The monoisotopic (exact) mass is 352 g/mol. The standard InChI is InChI=1S/C18H29ClN4O/c1-18(2,23-10-12-24-13-11-23)14-22-17(20-3)21-9-8-15-6-4-5-7-16(15)19/h4-7H,8-14H2,1-3H3,(H2,20,21,22). The number of hydrogen-bond acceptors (Lipinski definition) is 3. The van der Waals surface area contributed by atoms with Crippen LogP contribution < -0.4 is 10.6 Å². The molecule has 6 heteroatoms. The van der Waals surface area contributed by atoms with Gasteiger partial charge >= 0.3 is 0 Å². The van der Waals surface area contributed by atoms with Gasteiger partial charge in [-0.25, -0.2) is 0 Å². The largest absolute Gasteiger partial charge is 0.379 e. The minimum atomic E-state index is 0.0597. The summed E-state index contributed by atoms with van der Waals surface area (Å²) in [5.41, 5.74) is 1.21. The second kappa shape index (κ2) is 9.25. The van der Waals surface area contributed by atoms with E-state index in [0.717, 1.165) is 62.4 Å². The van der Waals surface area contributed by atoms with Gasteiger partial charge in [-0.2, -0.15) is 0 Å². The van der Waals surface area contributed by atoms with Crippen LogP contribution in [0.25, 0.3) is 0 Å². The van der Waals surface area contributed by atoms with Gasteiger partial charge in [-0.15, -0.1) is 0 Å². The zero-order chi connectivity index (χ0) is 17.4. The smallest absolute Gasteiger partial charge is 0.191 e. The Hall–Kier alpha value is -1.30. The van der Waals surface area contributed by atoms with Gasteiger partial charge in [-0.1, -0.05) is 29.8 Å². The van der Waals surface area contributed by atoms with Crippen molar-refractivity contribution in [1.82, 2.24) is 15.5 Å². The van der Waals surface area contributed by atoms with E-state index in [-0.39, 0.29) is 5.54 Å². The van der Waals surface area contributed by atoms with Gasteiger partial charge in [-0.3, -0.25) is 9.89 Å². The van der Waals surface area contributed by atoms with E-state index >= 15 is 0 Å². The molecule has 1 aliphatic rings. The van der Waals surface area contributed by atoms with Crippen molar-refractivity contribution >= 4 is 17.6 Å². The van der Waals surface area contributed by atoms with Crippen LogP contribution in [0, 0.1) is 0 Å². The highest BCUT2D eigenvalue weighted by atomic mass is 35.5. The molecule has 0 aliphatic carbocycles. The first kappa shape index (κ1) is 19.0. The maximum Gasteiger partial charge on any atom is 0.191 e. The first-order valence-electron chi connectivity index (χ1n) is 8.53. The van der Waals surface area contributed by atoms with E-state index in [9.17, 15) is 0 Å². The second-order valence-corrected chi connectivity index (χ2v) is 7.01. The number of ether oxygens (including phenoxy) is 1. The lowest BCUT2D eigenvalue weighted by molar-refractivity contribution is -0.00833. The molecule has 0 unspecified atom stereocenters. The summed E-state index contributed by atoms with van der Waals surface area (Å²) in [5.74, 6) is 0.823. The number of aliphatic imine (C=N–C) groups is 1. The zero-order valence-electron chi connectivity index (χ0n) is 14.9. The lowest BCUT2D eigenvalue weighted by atomic mass is 10.0. The Morgan fingerprint density at radius 2 is 1.96 bits per heavy atom. The molecule has 0 atom stereocenters. The van der Waals surface area contributed by atoms with E-state index < -0.39 is 0 Å². The highest BCUT2D eigenvalue weighted by Crippen LogP contribution is 2.16. The number of rotatable bonds is 6. The Balaban J connectivity index is 1.76. The van der Waals surface area contributed by atoms with Gasteiger partial charge in [0.1, 0.15) is 0 Å². The molecule has 1 saturated heterocycles. The summed E-state index contributed by atoms with van der Waals surface area (Å²) < 4.78 is 5.44. The molecular weight excluding hydrogens is 324 g/mol. The average Bonchev–Trinajstić information content (AvgIpc) is 2.60. The number of morpholine rings is 1. The van der Waals surface area contributed by atoms with Crippen molar-refractivity contribution in [2.45, 2.75) is 25.8 Å². The number of nitrogens with one attached hydrogen (secondary N) is 2. The molecule has 134 valence electrons.